The van der Waals surface area contributed by atoms with Crippen LogP contribution in [0.1, 0.15) is 23.0 Å². The maximum absolute atomic E-state index is 12.2. The lowest BCUT2D eigenvalue weighted by molar-refractivity contribution is 0.0546. The monoisotopic (exact) mass is 254 g/mol. The molecule has 1 aliphatic rings. The van der Waals surface area contributed by atoms with E-state index in [4.69, 9.17) is 5.73 Å². The molecule has 1 aromatic heterocycles. The summed E-state index contributed by atoms with van der Waals surface area (Å²) in [5, 5.41) is 0.453. The van der Waals surface area contributed by atoms with Crippen molar-refractivity contribution in [1.82, 2.24) is 14.8 Å². The number of nitrogen functional groups attached to an aromatic ring is 1. The number of hydrogen-bond acceptors (Lipinski definition) is 5. The van der Waals surface area contributed by atoms with Crippen LogP contribution < -0.4 is 5.73 Å². The van der Waals surface area contributed by atoms with E-state index < -0.39 is 0 Å². The van der Waals surface area contributed by atoms with Gasteiger partial charge in [0, 0.05) is 25.7 Å². The lowest BCUT2D eigenvalue weighted by Crippen LogP contribution is -2.52. The number of carbonyl (C=O) groups is 1. The summed E-state index contributed by atoms with van der Waals surface area (Å²) in [5.41, 5.74) is 5.55. The molecule has 1 atom stereocenters. The Labute approximate surface area is 105 Å². The van der Waals surface area contributed by atoms with E-state index in [1.807, 2.05) is 4.90 Å². The number of rotatable bonds is 2. The van der Waals surface area contributed by atoms with Gasteiger partial charge in [0.15, 0.2) is 5.13 Å². The van der Waals surface area contributed by atoms with Gasteiger partial charge in [-0.15, -0.1) is 0 Å². The Balaban J connectivity index is 2.05. The fraction of sp³-hybridized carbons (Fsp3) is 0.636. The number of anilines is 1. The Hall–Kier alpha value is -1.14. The third kappa shape index (κ3) is 2.58. The molecule has 0 aliphatic carbocycles. The summed E-state index contributed by atoms with van der Waals surface area (Å²) < 4.78 is 0. The molecule has 2 N–H and O–H groups in total. The van der Waals surface area contributed by atoms with Crippen molar-refractivity contribution < 1.29 is 4.79 Å². The van der Waals surface area contributed by atoms with Crippen molar-refractivity contribution in [2.75, 3.05) is 32.4 Å². The van der Waals surface area contributed by atoms with Crippen molar-refractivity contribution in [3.63, 3.8) is 0 Å². The number of likely N-dealkylation sites (N-methyl/N-ethyl adjacent to an activating group) is 1. The molecule has 0 spiro atoms. The second-order valence-electron chi connectivity index (χ2n) is 4.36. The number of amides is 1. The van der Waals surface area contributed by atoms with E-state index in [-0.39, 0.29) is 5.91 Å². The first-order valence-electron chi connectivity index (χ1n) is 5.82. The number of piperazine rings is 1. The first kappa shape index (κ1) is 12.3. The summed E-state index contributed by atoms with van der Waals surface area (Å²) in [6.07, 6.45) is 2.63. The van der Waals surface area contributed by atoms with Gasteiger partial charge in [-0.25, -0.2) is 4.98 Å². The molecule has 0 bridgehead atoms. The highest BCUT2D eigenvalue weighted by atomic mass is 32.1. The number of nitrogens with zero attached hydrogens (tertiary/aromatic N) is 3. The lowest BCUT2D eigenvalue weighted by Gasteiger charge is -2.38. The van der Waals surface area contributed by atoms with E-state index in [1.54, 1.807) is 6.20 Å². The number of nitrogens with two attached hydrogens (primary N) is 1. The third-order valence-electron chi connectivity index (χ3n) is 3.27. The van der Waals surface area contributed by atoms with E-state index in [1.165, 1.54) is 11.3 Å². The fourth-order valence-electron chi connectivity index (χ4n) is 2.11. The van der Waals surface area contributed by atoms with E-state index in [0.717, 1.165) is 26.1 Å². The molecule has 0 aromatic carbocycles. The molecule has 1 aliphatic heterocycles. The molecule has 1 saturated heterocycles. The van der Waals surface area contributed by atoms with Gasteiger partial charge in [-0.2, -0.15) is 0 Å². The maximum Gasteiger partial charge on any atom is 0.265 e. The Morgan fingerprint density at radius 1 is 1.65 bits per heavy atom. The standard InChI is InChI=1S/C11H18N4OS/c1-3-8-7-15(5-4-14(8)2)10(16)9-6-13-11(12)17-9/h6,8H,3-5,7H2,1-2H3,(H2,12,13)/t8-/m1/s1. The zero-order valence-corrected chi connectivity index (χ0v) is 11.0. The molecule has 5 nitrogen and oxygen atoms in total. The summed E-state index contributed by atoms with van der Waals surface area (Å²) in [4.78, 5) is 21.0. The summed E-state index contributed by atoms with van der Waals surface area (Å²) in [6.45, 7) is 4.66. The van der Waals surface area contributed by atoms with Gasteiger partial charge in [0.05, 0.1) is 6.20 Å². The lowest BCUT2D eigenvalue weighted by atomic mass is 10.1. The molecule has 0 radical (unpaired) electrons. The molecule has 17 heavy (non-hydrogen) atoms. The summed E-state index contributed by atoms with van der Waals surface area (Å²) in [5.74, 6) is 0.0609. The van der Waals surface area contributed by atoms with Gasteiger partial charge in [-0.05, 0) is 13.5 Å². The number of hydrogen-bond donors (Lipinski definition) is 1. The van der Waals surface area contributed by atoms with Gasteiger partial charge < -0.3 is 10.6 Å². The highest BCUT2D eigenvalue weighted by Crippen LogP contribution is 2.19. The van der Waals surface area contributed by atoms with Crippen LogP contribution in [0.15, 0.2) is 6.20 Å². The molecule has 0 saturated carbocycles. The number of thiazole rings is 1. The molecule has 6 heteroatoms. The Kier molecular flexibility index (Phi) is 3.63. The quantitative estimate of drug-likeness (QED) is 0.851. The van der Waals surface area contributed by atoms with Crippen LogP contribution in [0, 0.1) is 0 Å². The van der Waals surface area contributed by atoms with E-state index in [2.05, 4.69) is 23.9 Å². The van der Waals surface area contributed by atoms with Crippen LogP contribution in [0.5, 0.6) is 0 Å². The molecule has 1 fully saturated rings. The van der Waals surface area contributed by atoms with Crippen molar-refractivity contribution >= 4 is 22.4 Å². The summed E-state index contributed by atoms with van der Waals surface area (Å²) in [6, 6.07) is 0.456. The topological polar surface area (TPSA) is 62.5 Å². The van der Waals surface area contributed by atoms with E-state index >= 15 is 0 Å². The van der Waals surface area contributed by atoms with Crippen molar-refractivity contribution in [2.45, 2.75) is 19.4 Å². The number of carbonyl (C=O) groups excluding carboxylic acids is 1. The molecular formula is C11H18N4OS. The zero-order chi connectivity index (χ0) is 12.4. The fourth-order valence-corrected chi connectivity index (χ4v) is 2.77. The van der Waals surface area contributed by atoms with Crippen LogP contribution in [-0.2, 0) is 0 Å². The largest absolute Gasteiger partial charge is 0.375 e. The zero-order valence-electron chi connectivity index (χ0n) is 10.2. The minimum absolute atomic E-state index is 0.0609. The van der Waals surface area contributed by atoms with Crippen molar-refractivity contribution in [3.8, 4) is 0 Å². The van der Waals surface area contributed by atoms with E-state index in [9.17, 15) is 4.79 Å². The van der Waals surface area contributed by atoms with Crippen LogP contribution in [0.3, 0.4) is 0 Å². The van der Waals surface area contributed by atoms with Gasteiger partial charge in [0.2, 0.25) is 0 Å². The molecule has 1 amide bonds. The maximum atomic E-state index is 12.2. The predicted octanol–water partition coefficient (Wildman–Crippen LogP) is 0.892. The summed E-state index contributed by atoms with van der Waals surface area (Å²) >= 11 is 1.26. The van der Waals surface area contributed by atoms with Crippen molar-refractivity contribution in [3.05, 3.63) is 11.1 Å². The SMILES string of the molecule is CC[C@@H]1CN(C(=O)c2cnc(N)s2)CCN1C. The third-order valence-corrected chi connectivity index (χ3v) is 4.08. The van der Waals surface area contributed by atoms with Crippen LogP contribution in [0.4, 0.5) is 5.13 Å². The second-order valence-corrected chi connectivity index (χ2v) is 5.42. The average Bonchev–Trinajstić information content (AvgIpc) is 2.75. The van der Waals surface area contributed by atoms with Crippen LogP contribution >= 0.6 is 11.3 Å². The first-order valence-corrected chi connectivity index (χ1v) is 6.64. The second kappa shape index (κ2) is 5.01. The smallest absolute Gasteiger partial charge is 0.265 e. The number of aromatic nitrogens is 1. The van der Waals surface area contributed by atoms with Crippen LogP contribution in [0.2, 0.25) is 0 Å². The molecular weight excluding hydrogens is 236 g/mol. The Bertz CT molecular complexity index is 406. The average molecular weight is 254 g/mol. The van der Waals surface area contributed by atoms with Gasteiger partial charge in [0.25, 0.3) is 5.91 Å². The van der Waals surface area contributed by atoms with Gasteiger partial charge in [-0.1, -0.05) is 18.3 Å². The van der Waals surface area contributed by atoms with Crippen molar-refractivity contribution in [2.24, 2.45) is 0 Å². The minimum Gasteiger partial charge on any atom is -0.375 e. The highest BCUT2D eigenvalue weighted by Gasteiger charge is 2.27. The van der Waals surface area contributed by atoms with Gasteiger partial charge in [0.1, 0.15) is 4.88 Å². The molecule has 0 unspecified atom stereocenters. The Morgan fingerprint density at radius 2 is 2.41 bits per heavy atom. The molecule has 94 valence electrons. The predicted molar refractivity (Wildman–Crippen MR) is 69.1 cm³/mol. The minimum atomic E-state index is 0.0609. The summed E-state index contributed by atoms with van der Waals surface area (Å²) in [7, 11) is 2.11. The normalized spacial score (nSPS) is 21.8. The Morgan fingerprint density at radius 3 is 3.00 bits per heavy atom. The van der Waals surface area contributed by atoms with Gasteiger partial charge in [-0.3, -0.25) is 9.69 Å². The van der Waals surface area contributed by atoms with Crippen LogP contribution in [-0.4, -0.2) is 53.4 Å². The van der Waals surface area contributed by atoms with Gasteiger partial charge >= 0.3 is 0 Å². The van der Waals surface area contributed by atoms with E-state index in [0.29, 0.717) is 16.1 Å². The van der Waals surface area contributed by atoms with Crippen LogP contribution in [0.25, 0.3) is 0 Å². The molecule has 1 aromatic rings. The highest BCUT2D eigenvalue weighted by molar-refractivity contribution is 7.17. The van der Waals surface area contributed by atoms with Crippen molar-refractivity contribution in [1.29, 1.82) is 0 Å². The molecule has 2 heterocycles. The molecule has 2 rings (SSSR count). The first-order chi connectivity index (χ1) is 8.11.